The smallest absolute Gasteiger partial charge is 0.309 e. The highest BCUT2D eigenvalue weighted by atomic mass is 16.6. The van der Waals surface area contributed by atoms with Gasteiger partial charge in [0.2, 0.25) is 0 Å². The van der Waals surface area contributed by atoms with E-state index in [0.717, 1.165) is 12.8 Å². The van der Waals surface area contributed by atoms with Gasteiger partial charge in [-0.1, -0.05) is 24.6 Å². The van der Waals surface area contributed by atoms with Gasteiger partial charge in [-0.25, -0.2) is 0 Å². The van der Waals surface area contributed by atoms with Crippen LogP contribution in [0.15, 0.2) is 34.4 Å². The van der Waals surface area contributed by atoms with Crippen molar-refractivity contribution in [2.24, 2.45) is 11.8 Å². The molecule has 1 aliphatic heterocycles. The highest BCUT2D eigenvalue weighted by molar-refractivity contribution is 5.76. The number of carbonyl (C=O) groups is 1. The number of hydrogen-bond donors (Lipinski definition) is 0. The van der Waals surface area contributed by atoms with Crippen molar-refractivity contribution in [3.8, 4) is 0 Å². The molecule has 1 heterocycles. The summed E-state index contributed by atoms with van der Waals surface area (Å²) in [6.07, 6.45) is 6.47. The molecule has 1 fully saturated rings. The molecule has 0 bridgehead atoms. The summed E-state index contributed by atoms with van der Waals surface area (Å²) < 4.78 is 5.62. The Morgan fingerprint density at radius 1 is 1.29 bits per heavy atom. The summed E-state index contributed by atoms with van der Waals surface area (Å²) in [6, 6.07) is 0. The van der Waals surface area contributed by atoms with Gasteiger partial charge in [0.25, 0.3) is 0 Å². The second-order valence-electron chi connectivity index (χ2n) is 5.47. The molecule has 0 aromatic heterocycles. The van der Waals surface area contributed by atoms with E-state index < -0.39 is 0 Å². The molecule has 3 rings (SSSR count). The van der Waals surface area contributed by atoms with Gasteiger partial charge in [0.1, 0.15) is 6.10 Å². The zero-order chi connectivity index (χ0) is 12.2. The van der Waals surface area contributed by atoms with E-state index in [9.17, 15) is 4.79 Å². The molecular weight excluding hydrogens is 212 g/mol. The second-order valence-corrected chi connectivity index (χ2v) is 5.47. The third-order valence-corrected chi connectivity index (χ3v) is 4.46. The van der Waals surface area contributed by atoms with Crippen molar-refractivity contribution in [2.45, 2.75) is 39.7 Å². The molecule has 0 amide bonds. The summed E-state index contributed by atoms with van der Waals surface area (Å²) in [5.41, 5.74) is 5.28. The van der Waals surface area contributed by atoms with Crippen LogP contribution in [0.3, 0.4) is 0 Å². The molecule has 0 radical (unpaired) electrons. The third kappa shape index (κ3) is 1.43. The minimum Gasteiger partial charge on any atom is -0.457 e. The molecule has 2 nitrogen and oxygen atoms in total. The van der Waals surface area contributed by atoms with Crippen LogP contribution in [0.5, 0.6) is 0 Å². The van der Waals surface area contributed by atoms with Crippen LogP contribution in [0.2, 0.25) is 0 Å². The molecule has 0 aromatic carbocycles. The lowest BCUT2D eigenvalue weighted by Crippen LogP contribution is -2.20. The van der Waals surface area contributed by atoms with Crippen LogP contribution in [0.25, 0.3) is 0 Å². The molecule has 3 atom stereocenters. The van der Waals surface area contributed by atoms with E-state index >= 15 is 0 Å². The predicted molar refractivity (Wildman–Crippen MR) is 66.3 cm³/mol. The molecule has 0 spiro atoms. The SMILES string of the molecule is CC1=C2C(=C(C)CC[C@H]3[C@H](C)C(=O)O[C@@H]23)C=C1. The number of fused-ring (bicyclic) bond motifs is 3. The summed E-state index contributed by atoms with van der Waals surface area (Å²) >= 11 is 0. The molecule has 90 valence electrons. The molecule has 1 saturated heterocycles. The highest BCUT2D eigenvalue weighted by Gasteiger charge is 2.46. The lowest BCUT2D eigenvalue weighted by atomic mass is 9.85. The fraction of sp³-hybridized carbons (Fsp3) is 0.533. The quantitative estimate of drug-likeness (QED) is 0.597. The van der Waals surface area contributed by atoms with E-state index in [1.54, 1.807) is 0 Å². The molecule has 2 heteroatoms. The van der Waals surface area contributed by atoms with Crippen molar-refractivity contribution in [3.05, 3.63) is 34.4 Å². The van der Waals surface area contributed by atoms with Gasteiger partial charge in [-0.05, 0) is 37.8 Å². The largest absolute Gasteiger partial charge is 0.457 e. The van der Waals surface area contributed by atoms with Gasteiger partial charge in [0, 0.05) is 11.5 Å². The van der Waals surface area contributed by atoms with E-state index in [0.29, 0.717) is 5.92 Å². The maximum Gasteiger partial charge on any atom is 0.309 e. The average Bonchev–Trinajstić information content (AvgIpc) is 2.75. The van der Waals surface area contributed by atoms with Gasteiger partial charge in [-0.2, -0.15) is 0 Å². The van der Waals surface area contributed by atoms with E-state index in [1.807, 2.05) is 6.92 Å². The van der Waals surface area contributed by atoms with Gasteiger partial charge in [-0.15, -0.1) is 0 Å². The first-order valence-corrected chi connectivity index (χ1v) is 6.39. The lowest BCUT2D eigenvalue weighted by Gasteiger charge is -2.19. The summed E-state index contributed by atoms with van der Waals surface area (Å²) in [5, 5.41) is 0. The monoisotopic (exact) mass is 230 g/mol. The number of hydrogen-bond acceptors (Lipinski definition) is 2. The lowest BCUT2D eigenvalue weighted by molar-refractivity contribution is -0.142. The Labute approximate surface area is 102 Å². The van der Waals surface area contributed by atoms with E-state index in [1.165, 1.54) is 22.3 Å². The van der Waals surface area contributed by atoms with Crippen LogP contribution in [-0.4, -0.2) is 12.1 Å². The van der Waals surface area contributed by atoms with Crippen molar-refractivity contribution >= 4 is 5.97 Å². The van der Waals surface area contributed by atoms with Crippen LogP contribution in [0.4, 0.5) is 0 Å². The molecule has 2 aliphatic carbocycles. The summed E-state index contributed by atoms with van der Waals surface area (Å²) in [7, 11) is 0. The summed E-state index contributed by atoms with van der Waals surface area (Å²) in [5.74, 6) is 0.388. The average molecular weight is 230 g/mol. The van der Waals surface area contributed by atoms with E-state index in [4.69, 9.17) is 4.74 Å². The number of carbonyl (C=O) groups excluding carboxylic acids is 1. The number of esters is 1. The Morgan fingerprint density at radius 2 is 2.06 bits per heavy atom. The Kier molecular flexibility index (Phi) is 2.29. The van der Waals surface area contributed by atoms with Gasteiger partial charge in [0.15, 0.2) is 0 Å². The maximum absolute atomic E-state index is 11.7. The van der Waals surface area contributed by atoms with E-state index in [2.05, 4.69) is 26.0 Å². The standard InChI is InChI=1S/C15H18O2/c1-8-4-7-12-10(3)15(16)17-14(12)13-9(2)5-6-11(8)13/h5-6,10,12,14H,4,7H2,1-3H3/t10-,12-,14+/m0/s1. The second kappa shape index (κ2) is 3.59. The zero-order valence-electron chi connectivity index (χ0n) is 10.6. The molecule has 0 unspecified atom stereocenters. The van der Waals surface area contributed by atoms with Crippen LogP contribution >= 0.6 is 0 Å². The minimum absolute atomic E-state index is 0.0000463. The Morgan fingerprint density at radius 3 is 2.82 bits per heavy atom. The van der Waals surface area contributed by atoms with Gasteiger partial charge >= 0.3 is 5.97 Å². The molecule has 17 heavy (non-hydrogen) atoms. The van der Waals surface area contributed by atoms with Crippen LogP contribution < -0.4 is 0 Å². The molecule has 0 aromatic rings. The van der Waals surface area contributed by atoms with Gasteiger partial charge in [-0.3, -0.25) is 4.79 Å². The zero-order valence-corrected chi connectivity index (χ0v) is 10.6. The number of allylic oxidation sites excluding steroid dienone is 4. The summed E-state index contributed by atoms with van der Waals surface area (Å²) in [6.45, 7) is 6.32. The van der Waals surface area contributed by atoms with Crippen molar-refractivity contribution in [1.82, 2.24) is 0 Å². The molecular formula is C15H18O2. The maximum atomic E-state index is 11.7. The van der Waals surface area contributed by atoms with Crippen molar-refractivity contribution in [3.63, 3.8) is 0 Å². The Hall–Kier alpha value is -1.31. The number of rotatable bonds is 0. The van der Waals surface area contributed by atoms with E-state index in [-0.39, 0.29) is 18.0 Å². The normalized spacial score (nSPS) is 35.9. The Balaban J connectivity index is 2.09. The van der Waals surface area contributed by atoms with Crippen LogP contribution in [0, 0.1) is 11.8 Å². The first kappa shape index (κ1) is 10.8. The fourth-order valence-corrected chi connectivity index (χ4v) is 3.30. The third-order valence-electron chi connectivity index (χ3n) is 4.46. The van der Waals surface area contributed by atoms with Crippen molar-refractivity contribution in [2.75, 3.05) is 0 Å². The van der Waals surface area contributed by atoms with Crippen LogP contribution in [-0.2, 0) is 9.53 Å². The van der Waals surface area contributed by atoms with Gasteiger partial charge < -0.3 is 4.74 Å². The topological polar surface area (TPSA) is 26.3 Å². The first-order valence-electron chi connectivity index (χ1n) is 6.39. The molecule has 3 aliphatic rings. The van der Waals surface area contributed by atoms with Crippen LogP contribution in [0.1, 0.15) is 33.6 Å². The van der Waals surface area contributed by atoms with Crippen molar-refractivity contribution in [1.29, 1.82) is 0 Å². The summed E-state index contributed by atoms with van der Waals surface area (Å²) in [4.78, 5) is 11.7. The molecule has 0 N–H and O–H groups in total. The number of ether oxygens (including phenoxy) is 1. The highest BCUT2D eigenvalue weighted by Crippen LogP contribution is 2.45. The van der Waals surface area contributed by atoms with Gasteiger partial charge in [0.05, 0.1) is 5.92 Å². The minimum atomic E-state index is -0.0221. The fourth-order valence-electron chi connectivity index (χ4n) is 3.30. The Bertz CT molecular complexity index is 479. The first-order chi connectivity index (χ1) is 8.09. The predicted octanol–water partition coefficient (Wildman–Crippen LogP) is 3.16. The van der Waals surface area contributed by atoms with Crippen molar-refractivity contribution < 1.29 is 9.53 Å². The molecule has 0 saturated carbocycles.